The van der Waals surface area contributed by atoms with E-state index in [4.69, 9.17) is 0 Å². The largest absolute Gasteiger partial charge is 0.314 e. The van der Waals surface area contributed by atoms with Gasteiger partial charge in [0.2, 0.25) is 0 Å². The average molecular weight is 264 g/mol. The Kier molecular flexibility index (Phi) is 4.81. The fraction of sp³-hybridized carbons (Fsp3) is 1.00. The van der Waals surface area contributed by atoms with E-state index in [0.717, 1.165) is 23.9 Å². The Morgan fingerprint density at radius 2 is 1.84 bits per heavy atom. The lowest BCUT2D eigenvalue weighted by atomic mass is 9.98. The van der Waals surface area contributed by atoms with Crippen LogP contribution in [0.3, 0.4) is 0 Å². The van der Waals surface area contributed by atoms with Crippen LogP contribution in [-0.2, 0) is 0 Å². The van der Waals surface area contributed by atoms with Gasteiger partial charge in [-0.25, -0.2) is 0 Å². The highest BCUT2D eigenvalue weighted by atomic mass is 15.2. The Morgan fingerprint density at radius 1 is 0.947 bits per heavy atom. The topological polar surface area (TPSA) is 15.3 Å². The van der Waals surface area contributed by atoms with Gasteiger partial charge >= 0.3 is 0 Å². The van der Waals surface area contributed by atoms with Crippen LogP contribution in [0.4, 0.5) is 0 Å². The highest BCUT2D eigenvalue weighted by Gasteiger charge is 2.34. The Balaban J connectivity index is 1.35. The van der Waals surface area contributed by atoms with Crippen LogP contribution >= 0.6 is 0 Å². The third-order valence-corrected chi connectivity index (χ3v) is 5.74. The summed E-state index contributed by atoms with van der Waals surface area (Å²) in [4.78, 5) is 2.74. The molecule has 1 saturated heterocycles. The minimum Gasteiger partial charge on any atom is -0.314 e. The molecule has 1 N–H and O–H groups in total. The minimum atomic E-state index is 0.825. The van der Waals surface area contributed by atoms with E-state index in [1.165, 1.54) is 77.4 Å². The van der Waals surface area contributed by atoms with Crippen LogP contribution in [0.25, 0.3) is 0 Å². The maximum absolute atomic E-state index is 3.90. The molecule has 0 radical (unpaired) electrons. The second-order valence-corrected chi connectivity index (χ2v) is 7.27. The zero-order valence-corrected chi connectivity index (χ0v) is 12.7. The SMILES string of the molecule is CCC1CCCC(NCC2CCN(C3CC3)C2)CC1. The lowest BCUT2D eigenvalue weighted by molar-refractivity contribution is 0.307. The summed E-state index contributed by atoms with van der Waals surface area (Å²) in [5.74, 6) is 1.95. The zero-order valence-electron chi connectivity index (χ0n) is 12.7. The van der Waals surface area contributed by atoms with Crippen LogP contribution in [0.1, 0.15) is 64.7 Å². The molecule has 3 aliphatic rings. The van der Waals surface area contributed by atoms with Gasteiger partial charge in [0, 0.05) is 18.6 Å². The monoisotopic (exact) mass is 264 g/mol. The maximum atomic E-state index is 3.90. The summed E-state index contributed by atoms with van der Waals surface area (Å²) in [6.45, 7) is 6.40. The molecule has 0 aromatic rings. The van der Waals surface area contributed by atoms with Crippen molar-refractivity contribution >= 4 is 0 Å². The van der Waals surface area contributed by atoms with Crippen molar-refractivity contribution < 1.29 is 0 Å². The van der Waals surface area contributed by atoms with Crippen molar-refractivity contribution in [2.75, 3.05) is 19.6 Å². The van der Waals surface area contributed by atoms with E-state index in [1.807, 2.05) is 0 Å². The number of nitrogens with zero attached hydrogens (tertiary/aromatic N) is 1. The first-order valence-corrected chi connectivity index (χ1v) is 8.82. The number of hydrogen-bond acceptors (Lipinski definition) is 2. The van der Waals surface area contributed by atoms with Crippen LogP contribution in [-0.4, -0.2) is 36.6 Å². The molecule has 3 fully saturated rings. The van der Waals surface area contributed by atoms with Crippen LogP contribution < -0.4 is 5.32 Å². The van der Waals surface area contributed by atoms with E-state index < -0.39 is 0 Å². The van der Waals surface area contributed by atoms with Gasteiger partial charge in [0.15, 0.2) is 0 Å². The third kappa shape index (κ3) is 3.95. The predicted octanol–water partition coefficient (Wildman–Crippen LogP) is 3.42. The van der Waals surface area contributed by atoms with Crippen molar-refractivity contribution in [3.8, 4) is 0 Å². The van der Waals surface area contributed by atoms with Gasteiger partial charge in [-0.05, 0) is 63.5 Å². The maximum Gasteiger partial charge on any atom is 0.00965 e. The smallest absolute Gasteiger partial charge is 0.00965 e. The summed E-state index contributed by atoms with van der Waals surface area (Å²) in [5.41, 5.74) is 0. The molecule has 1 heterocycles. The van der Waals surface area contributed by atoms with Crippen molar-refractivity contribution in [3.05, 3.63) is 0 Å². The molecule has 0 amide bonds. The highest BCUT2D eigenvalue weighted by Crippen LogP contribution is 2.31. The predicted molar refractivity (Wildman–Crippen MR) is 81.4 cm³/mol. The van der Waals surface area contributed by atoms with Crippen LogP contribution in [0, 0.1) is 11.8 Å². The molecule has 110 valence electrons. The highest BCUT2D eigenvalue weighted by molar-refractivity contribution is 4.90. The molecule has 2 saturated carbocycles. The molecular formula is C17H32N2. The molecule has 2 nitrogen and oxygen atoms in total. The lowest BCUT2D eigenvalue weighted by Gasteiger charge is -2.20. The van der Waals surface area contributed by atoms with Gasteiger partial charge in [0.1, 0.15) is 0 Å². The van der Waals surface area contributed by atoms with Gasteiger partial charge in [0.25, 0.3) is 0 Å². The summed E-state index contributed by atoms with van der Waals surface area (Å²) in [6.07, 6.45) is 13.0. The van der Waals surface area contributed by atoms with Crippen LogP contribution in [0.2, 0.25) is 0 Å². The van der Waals surface area contributed by atoms with Gasteiger partial charge in [-0.15, -0.1) is 0 Å². The minimum absolute atomic E-state index is 0.825. The van der Waals surface area contributed by atoms with Gasteiger partial charge in [-0.1, -0.05) is 26.2 Å². The fourth-order valence-electron chi connectivity index (χ4n) is 4.12. The second-order valence-electron chi connectivity index (χ2n) is 7.27. The Hall–Kier alpha value is -0.0800. The first-order chi connectivity index (χ1) is 9.35. The number of likely N-dealkylation sites (tertiary alicyclic amines) is 1. The van der Waals surface area contributed by atoms with Crippen molar-refractivity contribution in [1.82, 2.24) is 10.2 Å². The standard InChI is InChI=1S/C17H32N2/c1-2-14-4-3-5-16(7-6-14)18-12-15-10-11-19(13-15)17-8-9-17/h14-18H,2-13H2,1H3. The van der Waals surface area contributed by atoms with E-state index in [9.17, 15) is 0 Å². The molecule has 0 aromatic heterocycles. The third-order valence-electron chi connectivity index (χ3n) is 5.74. The molecule has 2 aliphatic carbocycles. The zero-order chi connectivity index (χ0) is 13.1. The van der Waals surface area contributed by atoms with Crippen molar-refractivity contribution in [2.45, 2.75) is 76.8 Å². The molecule has 0 bridgehead atoms. The van der Waals surface area contributed by atoms with E-state index in [2.05, 4.69) is 17.1 Å². The van der Waals surface area contributed by atoms with Gasteiger partial charge in [0.05, 0.1) is 0 Å². The number of hydrogen-bond donors (Lipinski definition) is 1. The second kappa shape index (κ2) is 6.58. The Labute approximate surface area is 119 Å². The van der Waals surface area contributed by atoms with Crippen molar-refractivity contribution in [1.29, 1.82) is 0 Å². The molecular weight excluding hydrogens is 232 g/mol. The summed E-state index contributed by atoms with van der Waals surface area (Å²) in [7, 11) is 0. The molecule has 2 heteroatoms. The molecule has 3 rings (SSSR count). The van der Waals surface area contributed by atoms with Crippen LogP contribution in [0.15, 0.2) is 0 Å². The first kappa shape index (κ1) is 13.9. The Morgan fingerprint density at radius 3 is 2.63 bits per heavy atom. The fourth-order valence-corrected chi connectivity index (χ4v) is 4.12. The Bertz CT molecular complexity index is 274. The van der Waals surface area contributed by atoms with Crippen molar-refractivity contribution in [2.24, 2.45) is 11.8 Å². The molecule has 0 aromatic carbocycles. The van der Waals surface area contributed by atoms with Gasteiger partial charge < -0.3 is 10.2 Å². The van der Waals surface area contributed by atoms with Gasteiger partial charge in [-0.2, -0.15) is 0 Å². The quantitative estimate of drug-likeness (QED) is 0.766. The number of rotatable bonds is 5. The van der Waals surface area contributed by atoms with E-state index in [-0.39, 0.29) is 0 Å². The van der Waals surface area contributed by atoms with E-state index >= 15 is 0 Å². The molecule has 3 unspecified atom stereocenters. The van der Waals surface area contributed by atoms with Crippen LogP contribution in [0.5, 0.6) is 0 Å². The normalized spacial score (nSPS) is 37.4. The van der Waals surface area contributed by atoms with Gasteiger partial charge in [-0.3, -0.25) is 0 Å². The molecule has 3 atom stereocenters. The molecule has 1 aliphatic heterocycles. The molecule has 19 heavy (non-hydrogen) atoms. The van der Waals surface area contributed by atoms with E-state index in [1.54, 1.807) is 0 Å². The first-order valence-electron chi connectivity index (χ1n) is 8.82. The lowest BCUT2D eigenvalue weighted by Crippen LogP contribution is -2.34. The summed E-state index contributed by atoms with van der Waals surface area (Å²) in [6, 6.07) is 1.81. The summed E-state index contributed by atoms with van der Waals surface area (Å²) >= 11 is 0. The average Bonchev–Trinajstić information content (AvgIpc) is 3.21. The molecule has 0 spiro atoms. The summed E-state index contributed by atoms with van der Waals surface area (Å²) in [5, 5.41) is 3.90. The van der Waals surface area contributed by atoms with Crippen molar-refractivity contribution in [3.63, 3.8) is 0 Å². The van der Waals surface area contributed by atoms with E-state index in [0.29, 0.717) is 0 Å². The number of nitrogens with one attached hydrogen (secondary N) is 1. The summed E-state index contributed by atoms with van der Waals surface area (Å²) < 4.78 is 0.